The highest BCUT2D eigenvalue weighted by Gasteiger charge is 2.11. The molecule has 1 fully saturated rings. The van der Waals surface area contributed by atoms with Gasteiger partial charge in [-0.3, -0.25) is 4.90 Å². The highest BCUT2D eigenvalue weighted by Crippen LogP contribution is 2.24. The van der Waals surface area contributed by atoms with Gasteiger partial charge in [0.15, 0.2) is 11.6 Å². The molecule has 1 heterocycles. The largest absolute Gasteiger partial charge is 0.487 e. The Bertz CT molecular complexity index is 347. The third-order valence-corrected chi connectivity index (χ3v) is 2.76. The molecule has 0 spiro atoms. The van der Waals surface area contributed by atoms with Crippen LogP contribution in [-0.2, 0) is 4.74 Å². The van der Waals surface area contributed by atoms with Gasteiger partial charge in [0.05, 0.1) is 18.9 Å². The molecule has 0 atom stereocenters. The molecular formula is C12H17FN2O2. The van der Waals surface area contributed by atoms with Gasteiger partial charge in [0.25, 0.3) is 0 Å². The van der Waals surface area contributed by atoms with E-state index < -0.39 is 5.82 Å². The molecule has 0 radical (unpaired) electrons. The number of ether oxygens (including phenoxy) is 2. The lowest BCUT2D eigenvalue weighted by molar-refractivity contribution is 0.0321. The van der Waals surface area contributed by atoms with Crippen LogP contribution >= 0.6 is 0 Å². The van der Waals surface area contributed by atoms with E-state index in [0.717, 1.165) is 32.8 Å². The normalized spacial score (nSPS) is 17.0. The number of nitrogens with zero attached hydrogens (tertiary/aromatic N) is 1. The van der Waals surface area contributed by atoms with Crippen molar-refractivity contribution in [1.29, 1.82) is 0 Å². The number of hydrogen-bond acceptors (Lipinski definition) is 4. The Morgan fingerprint density at radius 1 is 1.35 bits per heavy atom. The minimum atomic E-state index is -0.410. The first-order valence-corrected chi connectivity index (χ1v) is 5.74. The van der Waals surface area contributed by atoms with E-state index in [1.165, 1.54) is 6.07 Å². The molecule has 0 unspecified atom stereocenters. The summed E-state index contributed by atoms with van der Waals surface area (Å²) < 4.78 is 24.0. The predicted octanol–water partition coefficient (Wildman–Crippen LogP) is 1.12. The van der Waals surface area contributed by atoms with E-state index in [-0.39, 0.29) is 5.75 Å². The smallest absolute Gasteiger partial charge is 0.177 e. The van der Waals surface area contributed by atoms with Crippen molar-refractivity contribution in [3.05, 3.63) is 24.0 Å². The van der Waals surface area contributed by atoms with Gasteiger partial charge in [0.2, 0.25) is 0 Å². The first-order valence-electron chi connectivity index (χ1n) is 5.74. The predicted molar refractivity (Wildman–Crippen MR) is 63.6 cm³/mol. The summed E-state index contributed by atoms with van der Waals surface area (Å²) in [4.78, 5) is 2.22. The quantitative estimate of drug-likeness (QED) is 0.801. The Morgan fingerprint density at radius 3 is 2.82 bits per heavy atom. The molecule has 1 saturated heterocycles. The van der Waals surface area contributed by atoms with Gasteiger partial charge in [-0.15, -0.1) is 0 Å². The van der Waals surface area contributed by atoms with Crippen molar-refractivity contribution >= 4 is 5.69 Å². The minimum absolute atomic E-state index is 0.153. The van der Waals surface area contributed by atoms with Crippen molar-refractivity contribution in [3.63, 3.8) is 0 Å². The number of nitrogen functional groups attached to an aromatic ring is 1. The highest BCUT2D eigenvalue weighted by molar-refractivity contribution is 5.52. The Balaban J connectivity index is 1.81. The Morgan fingerprint density at radius 2 is 2.12 bits per heavy atom. The van der Waals surface area contributed by atoms with Gasteiger partial charge in [-0.2, -0.15) is 0 Å². The Labute approximate surface area is 100 Å². The van der Waals surface area contributed by atoms with Crippen LogP contribution in [0.1, 0.15) is 0 Å². The van der Waals surface area contributed by atoms with E-state index in [9.17, 15) is 4.39 Å². The van der Waals surface area contributed by atoms with Crippen molar-refractivity contribution in [2.45, 2.75) is 0 Å². The maximum Gasteiger partial charge on any atom is 0.177 e. The summed E-state index contributed by atoms with van der Waals surface area (Å²) in [5, 5.41) is 0. The second kappa shape index (κ2) is 5.84. The van der Waals surface area contributed by atoms with Gasteiger partial charge in [0.1, 0.15) is 6.61 Å². The lowest BCUT2D eigenvalue weighted by Gasteiger charge is -2.26. The molecule has 94 valence electrons. The molecule has 17 heavy (non-hydrogen) atoms. The van der Waals surface area contributed by atoms with Crippen LogP contribution in [0.4, 0.5) is 10.1 Å². The second-order valence-corrected chi connectivity index (χ2v) is 3.96. The van der Waals surface area contributed by atoms with Crippen LogP contribution < -0.4 is 10.5 Å². The van der Waals surface area contributed by atoms with Gasteiger partial charge >= 0.3 is 0 Å². The number of morpholine rings is 1. The average molecular weight is 240 g/mol. The van der Waals surface area contributed by atoms with Gasteiger partial charge in [-0.1, -0.05) is 6.07 Å². The molecule has 2 rings (SSSR count). The average Bonchev–Trinajstić information content (AvgIpc) is 2.34. The van der Waals surface area contributed by atoms with E-state index in [1.54, 1.807) is 12.1 Å². The van der Waals surface area contributed by atoms with Crippen LogP contribution in [0.15, 0.2) is 18.2 Å². The first kappa shape index (κ1) is 12.1. The van der Waals surface area contributed by atoms with Crippen molar-refractivity contribution in [1.82, 2.24) is 4.90 Å². The molecule has 1 aromatic carbocycles. The SMILES string of the molecule is Nc1cccc(F)c1OCCN1CCOCC1. The van der Waals surface area contributed by atoms with Crippen molar-refractivity contribution in [2.24, 2.45) is 0 Å². The molecule has 0 amide bonds. The topological polar surface area (TPSA) is 47.7 Å². The van der Waals surface area contributed by atoms with Crippen molar-refractivity contribution in [2.75, 3.05) is 45.2 Å². The molecule has 5 heteroatoms. The number of anilines is 1. The zero-order valence-electron chi connectivity index (χ0n) is 9.69. The molecule has 1 aliphatic rings. The van der Waals surface area contributed by atoms with Crippen molar-refractivity contribution in [3.8, 4) is 5.75 Å². The first-order chi connectivity index (χ1) is 8.27. The summed E-state index contributed by atoms with van der Waals surface area (Å²) in [7, 11) is 0. The fourth-order valence-electron chi connectivity index (χ4n) is 1.78. The van der Waals surface area contributed by atoms with Crippen molar-refractivity contribution < 1.29 is 13.9 Å². The maximum absolute atomic E-state index is 13.4. The fraction of sp³-hybridized carbons (Fsp3) is 0.500. The summed E-state index contributed by atoms with van der Waals surface area (Å²) in [6.45, 7) is 4.50. The second-order valence-electron chi connectivity index (χ2n) is 3.96. The third kappa shape index (κ3) is 3.31. The van der Waals surface area contributed by atoms with E-state index in [1.807, 2.05) is 0 Å². The number of benzene rings is 1. The molecule has 0 aliphatic carbocycles. The molecule has 1 aromatic rings. The summed E-state index contributed by atoms with van der Waals surface area (Å²) in [6.07, 6.45) is 0. The highest BCUT2D eigenvalue weighted by atomic mass is 19.1. The zero-order valence-corrected chi connectivity index (χ0v) is 9.69. The van der Waals surface area contributed by atoms with Crippen LogP contribution in [0.3, 0.4) is 0 Å². The molecule has 4 nitrogen and oxygen atoms in total. The third-order valence-electron chi connectivity index (χ3n) is 2.76. The molecule has 2 N–H and O–H groups in total. The summed E-state index contributed by atoms with van der Waals surface area (Å²) in [5.74, 6) is -0.257. The minimum Gasteiger partial charge on any atom is -0.487 e. The number of para-hydroxylation sites is 1. The lowest BCUT2D eigenvalue weighted by Crippen LogP contribution is -2.38. The summed E-state index contributed by atoms with van der Waals surface area (Å²) in [6, 6.07) is 4.55. The van der Waals surface area contributed by atoms with Crippen LogP contribution in [0.25, 0.3) is 0 Å². The Hall–Kier alpha value is -1.33. The van der Waals surface area contributed by atoms with E-state index in [4.69, 9.17) is 15.2 Å². The van der Waals surface area contributed by atoms with Crippen LogP contribution in [0.2, 0.25) is 0 Å². The number of halogens is 1. The zero-order chi connectivity index (χ0) is 12.1. The van der Waals surface area contributed by atoms with E-state index in [0.29, 0.717) is 12.3 Å². The van der Waals surface area contributed by atoms with Gasteiger partial charge in [0, 0.05) is 19.6 Å². The fourth-order valence-corrected chi connectivity index (χ4v) is 1.78. The molecule has 0 saturated carbocycles. The standard InChI is InChI=1S/C12H17FN2O2/c13-10-2-1-3-11(14)12(10)17-9-6-15-4-7-16-8-5-15/h1-3H,4-9,14H2. The maximum atomic E-state index is 13.4. The number of hydrogen-bond donors (Lipinski definition) is 1. The van der Waals surface area contributed by atoms with Crippen LogP contribution in [0, 0.1) is 5.82 Å². The number of rotatable bonds is 4. The van der Waals surface area contributed by atoms with E-state index in [2.05, 4.69) is 4.90 Å². The van der Waals surface area contributed by atoms with Crippen LogP contribution in [-0.4, -0.2) is 44.4 Å². The summed E-state index contributed by atoms with van der Waals surface area (Å²) >= 11 is 0. The summed E-state index contributed by atoms with van der Waals surface area (Å²) in [5.41, 5.74) is 5.98. The van der Waals surface area contributed by atoms with E-state index >= 15 is 0 Å². The number of nitrogens with two attached hydrogens (primary N) is 1. The van der Waals surface area contributed by atoms with Gasteiger partial charge in [-0.05, 0) is 12.1 Å². The molecule has 1 aliphatic heterocycles. The van der Waals surface area contributed by atoms with Gasteiger partial charge < -0.3 is 15.2 Å². The molecule has 0 aromatic heterocycles. The Kier molecular flexibility index (Phi) is 4.17. The molecule has 0 bridgehead atoms. The van der Waals surface area contributed by atoms with Crippen LogP contribution in [0.5, 0.6) is 5.75 Å². The monoisotopic (exact) mass is 240 g/mol. The lowest BCUT2D eigenvalue weighted by atomic mass is 10.3. The molecular weight excluding hydrogens is 223 g/mol. The van der Waals surface area contributed by atoms with Gasteiger partial charge in [-0.25, -0.2) is 4.39 Å².